The zero-order valence-corrected chi connectivity index (χ0v) is 13.5. The maximum atomic E-state index is 4.51. The minimum atomic E-state index is 0.451. The molecule has 2 aromatic carbocycles. The van der Waals surface area contributed by atoms with Gasteiger partial charge in [0, 0.05) is 17.2 Å². The highest BCUT2D eigenvalue weighted by atomic mass is 79.9. The molecular formula is C16H14BrN5. The molecule has 0 unspecified atom stereocenters. The molecule has 0 saturated heterocycles. The van der Waals surface area contributed by atoms with Gasteiger partial charge in [-0.25, -0.2) is 0 Å². The number of halogens is 1. The predicted octanol–water partition coefficient (Wildman–Crippen LogP) is 4.15. The van der Waals surface area contributed by atoms with Crippen molar-refractivity contribution in [3.63, 3.8) is 0 Å². The van der Waals surface area contributed by atoms with E-state index in [-0.39, 0.29) is 0 Å². The first-order valence-corrected chi connectivity index (χ1v) is 7.53. The van der Waals surface area contributed by atoms with E-state index < -0.39 is 0 Å². The maximum Gasteiger partial charge on any atom is 0.249 e. The molecule has 110 valence electrons. The summed E-state index contributed by atoms with van der Waals surface area (Å²) in [5, 5.41) is 11.2. The van der Waals surface area contributed by atoms with Gasteiger partial charge in [0.2, 0.25) is 5.95 Å². The van der Waals surface area contributed by atoms with E-state index in [0.717, 1.165) is 21.7 Å². The fraction of sp³-hybridized carbons (Fsp3) is 0.0625. The van der Waals surface area contributed by atoms with E-state index in [4.69, 9.17) is 0 Å². The molecule has 0 saturated carbocycles. The lowest BCUT2D eigenvalue weighted by Gasteiger charge is -2.18. The molecule has 0 radical (unpaired) electrons. The summed E-state index contributed by atoms with van der Waals surface area (Å²) in [7, 11) is 1.95. The van der Waals surface area contributed by atoms with Crippen LogP contribution in [0.25, 0.3) is 0 Å². The summed E-state index contributed by atoms with van der Waals surface area (Å²) < 4.78 is 0.945. The molecule has 0 aliphatic carbocycles. The van der Waals surface area contributed by atoms with E-state index >= 15 is 0 Å². The van der Waals surface area contributed by atoms with Crippen molar-refractivity contribution < 1.29 is 0 Å². The van der Waals surface area contributed by atoms with E-state index in [1.54, 1.807) is 6.20 Å². The topological polar surface area (TPSA) is 53.9 Å². The van der Waals surface area contributed by atoms with Crippen molar-refractivity contribution in [1.29, 1.82) is 0 Å². The third kappa shape index (κ3) is 3.23. The molecule has 1 N–H and O–H groups in total. The van der Waals surface area contributed by atoms with Gasteiger partial charge in [-0.2, -0.15) is 10.1 Å². The molecule has 5 nitrogen and oxygen atoms in total. The average molecular weight is 356 g/mol. The summed E-state index contributed by atoms with van der Waals surface area (Å²) >= 11 is 3.49. The Labute approximate surface area is 137 Å². The van der Waals surface area contributed by atoms with Crippen LogP contribution in [0.1, 0.15) is 0 Å². The maximum absolute atomic E-state index is 4.51. The molecule has 0 aliphatic rings. The Bertz CT molecular complexity index is 763. The van der Waals surface area contributed by atoms with Crippen molar-refractivity contribution in [1.82, 2.24) is 15.2 Å². The number of nitrogens with zero attached hydrogens (tertiary/aromatic N) is 4. The monoisotopic (exact) mass is 355 g/mol. The minimum absolute atomic E-state index is 0.451. The van der Waals surface area contributed by atoms with E-state index in [1.807, 2.05) is 66.5 Å². The molecule has 6 heteroatoms. The number of para-hydroxylation sites is 2. The Morgan fingerprint density at radius 1 is 1.00 bits per heavy atom. The first-order valence-electron chi connectivity index (χ1n) is 6.74. The molecule has 0 fully saturated rings. The zero-order valence-electron chi connectivity index (χ0n) is 11.9. The van der Waals surface area contributed by atoms with Gasteiger partial charge in [0.15, 0.2) is 5.82 Å². The van der Waals surface area contributed by atoms with Gasteiger partial charge in [-0.15, -0.1) is 5.10 Å². The van der Waals surface area contributed by atoms with E-state index in [9.17, 15) is 0 Å². The van der Waals surface area contributed by atoms with Crippen LogP contribution in [-0.4, -0.2) is 22.2 Å². The Kier molecular flexibility index (Phi) is 4.29. The molecule has 0 amide bonds. The number of hydrogen-bond acceptors (Lipinski definition) is 5. The Hall–Kier alpha value is -2.47. The van der Waals surface area contributed by atoms with Crippen molar-refractivity contribution in [3.8, 4) is 0 Å². The van der Waals surface area contributed by atoms with Crippen LogP contribution in [-0.2, 0) is 0 Å². The predicted molar refractivity (Wildman–Crippen MR) is 91.8 cm³/mol. The molecule has 0 bridgehead atoms. The second kappa shape index (κ2) is 6.53. The number of benzene rings is 2. The number of hydrogen-bond donors (Lipinski definition) is 1. The third-order valence-corrected chi connectivity index (χ3v) is 3.85. The molecule has 0 aliphatic heterocycles. The highest BCUT2D eigenvalue weighted by Gasteiger charge is 2.08. The highest BCUT2D eigenvalue weighted by molar-refractivity contribution is 9.10. The van der Waals surface area contributed by atoms with E-state index in [0.29, 0.717) is 5.95 Å². The summed E-state index contributed by atoms with van der Waals surface area (Å²) in [6.07, 6.45) is 1.64. The molecule has 0 atom stereocenters. The van der Waals surface area contributed by atoms with Crippen molar-refractivity contribution in [2.45, 2.75) is 0 Å². The second-order valence-corrected chi connectivity index (χ2v) is 5.49. The van der Waals surface area contributed by atoms with Crippen molar-refractivity contribution in [2.75, 3.05) is 17.3 Å². The van der Waals surface area contributed by atoms with Gasteiger partial charge in [-0.05, 0) is 40.2 Å². The summed E-state index contributed by atoms with van der Waals surface area (Å²) in [6.45, 7) is 0. The summed E-state index contributed by atoms with van der Waals surface area (Å²) in [4.78, 5) is 6.46. The van der Waals surface area contributed by atoms with Crippen LogP contribution in [0.5, 0.6) is 0 Å². The minimum Gasteiger partial charge on any atom is -0.328 e. The summed E-state index contributed by atoms with van der Waals surface area (Å²) in [5.74, 6) is 1.17. The molecule has 3 rings (SSSR count). The Morgan fingerprint density at radius 2 is 1.73 bits per heavy atom. The molecule has 1 heterocycles. The number of anilines is 4. The molecule has 0 spiro atoms. The lowest BCUT2D eigenvalue weighted by Crippen LogP contribution is -2.13. The van der Waals surface area contributed by atoms with Gasteiger partial charge < -0.3 is 10.2 Å². The zero-order chi connectivity index (χ0) is 15.4. The Balaban J connectivity index is 1.85. The van der Waals surface area contributed by atoms with Crippen molar-refractivity contribution >= 4 is 39.1 Å². The summed E-state index contributed by atoms with van der Waals surface area (Å²) in [6, 6.07) is 17.8. The number of rotatable bonds is 4. The average Bonchev–Trinajstić information content (AvgIpc) is 2.57. The summed E-state index contributed by atoms with van der Waals surface area (Å²) in [5.41, 5.74) is 1.93. The van der Waals surface area contributed by atoms with Gasteiger partial charge >= 0.3 is 0 Å². The first-order chi connectivity index (χ1) is 10.7. The fourth-order valence-corrected chi connectivity index (χ4v) is 2.36. The van der Waals surface area contributed by atoms with Gasteiger partial charge in [-0.1, -0.05) is 30.3 Å². The van der Waals surface area contributed by atoms with Crippen LogP contribution in [0.4, 0.5) is 23.1 Å². The van der Waals surface area contributed by atoms with Crippen LogP contribution in [0, 0.1) is 0 Å². The van der Waals surface area contributed by atoms with Crippen LogP contribution in [0.3, 0.4) is 0 Å². The van der Waals surface area contributed by atoms with Crippen molar-refractivity contribution in [2.24, 2.45) is 0 Å². The Morgan fingerprint density at radius 3 is 2.50 bits per heavy atom. The SMILES string of the molecule is CN(c1ccccc1)c1cnnc(Nc2ccccc2Br)n1. The van der Waals surface area contributed by atoms with Crippen LogP contribution < -0.4 is 10.2 Å². The van der Waals surface area contributed by atoms with E-state index in [2.05, 4.69) is 36.4 Å². The normalized spacial score (nSPS) is 10.3. The van der Waals surface area contributed by atoms with Gasteiger partial charge in [0.05, 0.1) is 11.9 Å². The van der Waals surface area contributed by atoms with Crippen LogP contribution >= 0.6 is 15.9 Å². The third-order valence-electron chi connectivity index (χ3n) is 3.15. The standard InChI is InChI=1S/C16H14BrN5/c1-22(12-7-3-2-4-8-12)15-11-18-21-16(20-15)19-14-10-6-5-9-13(14)17/h2-11H,1H3,(H,19,20,21). The first kappa shape index (κ1) is 14.5. The van der Waals surface area contributed by atoms with Gasteiger partial charge in [0.1, 0.15) is 0 Å². The second-order valence-electron chi connectivity index (χ2n) is 4.64. The molecule has 3 aromatic rings. The van der Waals surface area contributed by atoms with Gasteiger partial charge in [-0.3, -0.25) is 0 Å². The lowest BCUT2D eigenvalue weighted by atomic mass is 10.3. The smallest absolute Gasteiger partial charge is 0.249 e. The number of aromatic nitrogens is 3. The molecule has 22 heavy (non-hydrogen) atoms. The van der Waals surface area contributed by atoms with Gasteiger partial charge in [0.25, 0.3) is 0 Å². The van der Waals surface area contributed by atoms with Crippen molar-refractivity contribution in [3.05, 3.63) is 65.3 Å². The lowest BCUT2D eigenvalue weighted by molar-refractivity contribution is 0.957. The highest BCUT2D eigenvalue weighted by Crippen LogP contribution is 2.25. The molecular weight excluding hydrogens is 342 g/mol. The quantitative estimate of drug-likeness (QED) is 0.761. The fourth-order valence-electron chi connectivity index (χ4n) is 1.98. The van der Waals surface area contributed by atoms with Crippen LogP contribution in [0.15, 0.2) is 65.3 Å². The number of nitrogens with one attached hydrogen (secondary N) is 1. The largest absolute Gasteiger partial charge is 0.328 e. The van der Waals surface area contributed by atoms with E-state index in [1.165, 1.54) is 0 Å². The molecule has 1 aromatic heterocycles. The van der Waals surface area contributed by atoms with Crippen LogP contribution in [0.2, 0.25) is 0 Å².